The molecule has 0 N–H and O–H groups in total. The molecule has 2 bridgehead atoms. The number of carbonyl (C=O) groups excluding carboxylic acids is 3. The van der Waals surface area contributed by atoms with E-state index in [4.69, 9.17) is 9.47 Å². The number of fused-ring (bicyclic) bond motifs is 5. The van der Waals surface area contributed by atoms with Crippen LogP contribution in [0.3, 0.4) is 0 Å². The minimum absolute atomic E-state index is 0.140. The van der Waals surface area contributed by atoms with Crippen molar-refractivity contribution in [3.8, 4) is 11.5 Å². The molecule has 1 heterocycles. The average molecular weight is 509 g/mol. The third kappa shape index (κ3) is 3.88. The van der Waals surface area contributed by atoms with E-state index in [0.29, 0.717) is 23.5 Å². The highest BCUT2D eigenvalue weighted by atomic mass is 79.9. The highest BCUT2D eigenvalue weighted by Crippen LogP contribution is 2.52. The van der Waals surface area contributed by atoms with Crippen molar-refractivity contribution >= 4 is 39.9 Å². The van der Waals surface area contributed by atoms with Crippen LogP contribution < -0.4 is 9.47 Å². The Morgan fingerprint density at radius 2 is 1.73 bits per heavy atom. The summed E-state index contributed by atoms with van der Waals surface area (Å²) in [5, 5.41) is 5.20. The van der Waals surface area contributed by atoms with Crippen LogP contribution in [-0.2, 0) is 9.59 Å². The van der Waals surface area contributed by atoms with Gasteiger partial charge in [-0.15, -0.1) is 0 Å². The molecule has 0 radical (unpaired) electrons. The lowest BCUT2D eigenvalue weighted by Crippen LogP contribution is -2.28. The number of halogens is 1. The Balaban J connectivity index is 1.33. The Kier molecular flexibility index (Phi) is 5.62. The zero-order valence-corrected chi connectivity index (χ0v) is 19.4. The van der Waals surface area contributed by atoms with Gasteiger partial charge in [0, 0.05) is 4.47 Å². The summed E-state index contributed by atoms with van der Waals surface area (Å²) in [6.07, 6.45) is 6.43. The largest absolute Gasteiger partial charge is 0.490 e. The summed E-state index contributed by atoms with van der Waals surface area (Å²) in [5.74, 6) is -0.633. The first-order chi connectivity index (χ1) is 16.0. The lowest BCUT2D eigenvalue weighted by atomic mass is 9.85. The number of benzene rings is 2. The van der Waals surface area contributed by atoms with Gasteiger partial charge in [-0.25, -0.2) is 4.79 Å². The zero-order chi connectivity index (χ0) is 23.1. The summed E-state index contributed by atoms with van der Waals surface area (Å²) in [5.41, 5.74) is 1.02. The average Bonchev–Trinajstić information content (AvgIpc) is 3.49. The fourth-order valence-corrected chi connectivity index (χ4v) is 5.09. The molecular weight excluding hydrogens is 488 g/mol. The van der Waals surface area contributed by atoms with Crippen LogP contribution in [0, 0.1) is 23.7 Å². The maximum atomic E-state index is 12.8. The Bertz CT molecular complexity index is 1160. The molecule has 2 aromatic carbocycles. The first-order valence-electron chi connectivity index (χ1n) is 10.8. The predicted molar refractivity (Wildman–Crippen MR) is 124 cm³/mol. The highest BCUT2D eigenvalue weighted by molar-refractivity contribution is 9.10. The van der Waals surface area contributed by atoms with E-state index < -0.39 is 5.97 Å². The van der Waals surface area contributed by atoms with E-state index in [9.17, 15) is 14.4 Å². The van der Waals surface area contributed by atoms with Crippen molar-refractivity contribution in [1.82, 2.24) is 5.01 Å². The van der Waals surface area contributed by atoms with Crippen LogP contribution in [0.2, 0.25) is 0 Å². The van der Waals surface area contributed by atoms with E-state index in [1.165, 1.54) is 6.21 Å². The number of nitrogens with zero attached hydrogens (tertiary/aromatic N) is 2. The molecule has 2 aliphatic carbocycles. The van der Waals surface area contributed by atoms with E-state index in [1.54, 1.807) is 42.5 Å². The van der Waals surface area contributed by atoms with Crippen LogP contribution in [0.1, 0.15) is 29.3 Å². The van der Waals surface area contributed by atoms with Crippen molar-refractivity contribution in [2.75, 3.05) is 6.61 Å². The number of allylic oxidation sites excluding steroid dienone is 2. The molecule has 2 fully saturated rings. The molecule has 1 saturated heterocycles. The summed E-state index contributed by atoms with van der Waals surface area (Å²) in [6.45, 7) is 2.19. The molecule has 1 saturated carbocycles. The minimum atomic E-state index is -0.507. The monoisotopic (exact) mass is 508 g/mol. The molecule has 8 heteroatoms. The van der Waals surface area contributed by atoms with Gasteiger partial charge in [0.25, 0.3) is 11.8 Å². The maximum Gasteiger partial charge on any atom is 0.343 e. The Morgan fingerprint density at radius 1 is 1.06 bits per heavy atom. The van der Waals surface area contributed by atoms with E-state index >= 15 is 0 Å². The molecule has 5 rings (SSSR count). The van der Waals surface area contributed by atoms with Gasteiger partial charge in [0.15, 0.2) is 11.5 Å². The molecule has 7 nitrogen and oxygen atoms in total. The summed E-state index contributed by atoms with van der Waals surface area (Å²) in [6, 6.07) is 11.8. The Labute approximate surface area is 199 Å². The Morgan fingerprint density at radius 3 is 2.36 bits per heavy atom. The number of rotatable bonds is 6. The second kappa shape index (κ2) is 8.59. The minimum Gasteiger partial charge on any atom is -0.490 e. The van der Waals surface area contributed by atoms with Crippen LogP contribution in [0.25, 0.3) is 0 Å². The van der Waals surface area contributed by atoms with Gasteiger partial charge in [-0.05, 0) is 73.2 Å². The van der Waals surface area contributed by atoms with E-state index in [1.807, 2.05) is 19.1 Å². The highest BCUT2D eigenvalue weighted by Gasteiger charge is 2.59. The van der Waals surface area contributed by atoms with Crippen molar-refractivity contribution in [3.05, 3.63) is 70.2 Å². The molecule has 3 aliphatic rings. The van der Waals surface area contributed by atoms with E-state index in [2.05, 4.69) is 21.0 Å². The van der Waals surface area contributed by atoms with Crippen LogP contribution >= 0.6 is 15.9 Å². The van der Waals surface area contributed by atoms with Crippen LogP contribution in [-0.4, -0.2) is 35.6 Å². The topological polar surface area (TPSA) is 85.3 Å². The van der Waals surface area contributed by atoms with Gasteiger partial charge in [0.05, 0.1) is 30.2 Å². The number of carbonyl (C=O) groups is 3. The summed E-state index contributed by atoms with van der Waals surface area (Å²) >= 11 is 3.34. The standard InChI is InChI=1S/C25H21BrN2O5/c1-2-32-20-11-14(3-10-19(20)33-25(31)15-6-8-18(26)9-7-15)13-27-28-23(29)21-16-4-5-17(12-16)22(21)24(28)30/h3-11,13,16-17,21-22H,2,12H2,1H3/t16-,17-,21-,22+/m0/s1. The second-order valence-electron chi connectivity index (χ2n) is 8.27. The van der Waals surface area contributed by atoms with Crippen molar-refractivity contribution in [2.24, 2.45) is 28.8 Å². The predicted octanol–water partition coefficient (Wildman–Crippen LogP) is 4.21. The number of amides is 2. The van der Waals surface area contributed by atoms with Crippen molar-refractivity contribution < 1.29 is 23.9 Å². The lowest BCUT2D eigenvalue weighted by molar-refractivity contribution is -0.140. The number of hydrogen-bond donors (Lipinski definition) is 0. The number of ether oxygens (including phenoxy) is 2. The fourth-order valence-electron chi connectivity index (χ4n) is 4.83. The second-order valence-corrected chi connectivity index (χ2v) is 9.18. The Hall–Kier alpha value is -3.26. The molecule has 33 heavy (non-hydrogen) atoms. The van der Waals surface area contributed by atoms with Crippen LogP contribution in [0.4, 0.5) is 0 Å². The van der Waals surface area contributed by atoms with Gasteiger partial charge in [0.2, 0.25) is 0 Å². The van der Waals surface area contributed by atoms with Crippen LogP contribution in [0.15, 0.2) is 64.2 Å². The fraction of sp³-hybridized carbons (Fsp3) is 0.280. The normalized spacial score (nSPS) is 25.2. The SMILES string of the molecule is CCOc1cc(C=NN2C(=O)[C@@H]3[C@H](C2=O)[C@H]2C=C[C@H]3C2)ccc1OC(=O)c1ccc(Br)cc1. The molecule has 2 amide bonds. The van der Waals surface area contributed by atoms with Gasteiger partial charge in [0.1, 0.15) is 0 Å². The zero-order valence-electron chi connectivity index (χ0n) is 17.8. The van der Waals surface area contributed by atoms with Gasteiger partial charge in [-0.1, -0.05) is 28.1 Å². The number of imide groups is 1. The molecule has 4 atom stereocenters. The number of hydrazone groups is 1. The third-order valence-corrected chi connectivity index (χ3v) is 6.85. The molecular formula is C25H21BrN2O5. The van der Waals surface area contributed by atoms with E-state index in [0.717, 1.165) is 15.9 Å². The molecule has 0 unspecified atom stereocenters. The first kappa shape index (κ1) is 21.6. The molecule has 0 aromatic heterocycles. The summed E-state index contributed by atoms with van der Waals surface area (Å²) in [4.78, 5) is 38.0. The maximum absolute atomic E-state index is 12.8. The van der Waals surface area contributed by atoms with Gasteiger partial charge >= 0.3 is 5.97 Å². The van der Waals surface area contributed by atoms with Crippen molar-refractivity contribution in [3.63, 3.8) is 0 Å². The summed E-state index contributed by atoms with van der Waals surface area (Å²) < 4.78 is 12.0. The smallest absolute Gasteiger partial charge is 0.343 e. The quantitative estimate of drug-likeness (QED) is 0.192. The summed E-state index contributed by atoms with van der Waals surface area (Å²) in [7, 11) is 0. The van der Waals surface area contributed by atoms with Gasteiger partial charge in [-0.2, -0.15) is 10.1 Å². The number of esters is 1. The number of hydrogen-bond acceptors (Lipinski definition) is 6. The molecule has 1 aliphatic heterocycles. The molecule has 2 aromatic rings. The van der Waals surface area contributed by atoms with Gasteiger partial charge < -0.3 is 9.47 Å². The van der Waals surface area contributed by atoms with Crippen molar-refractivity contribution in [2.45, 2.75) is 13.3 Å². The molecule has 168 valence electrons. The third-order valence-electron chi connectivity index (χ3n) is 6.32. The van der Waals surface area contributed by atoms with Crippen molar-refractivity contribution in [1.29, 1.82) is 0 Å². The first-order valence-corrected chi connectivity index (χ1v) is 11.6. The van der Waals surface area contributed by atoms with Gasteiger partial charge in [-0.3, -0.25) is 9.59 Å². The van der Waals surface area contributed by atoms with Crippen LogP contribution in [0.5, 0.6) is 11.5 Å². The van der Waals surface area contributed by atoms with E-state index in [-0.39, 0.29) is 41.2 Å². The molecule has 0 spiro atoms. The lowest BCUT2D eigenvalue weighted by Gasteiger charge is -2.13.